The van der Waals surface area contributed by atoms with Gasteiger partial charge >= 0.3 is 12.1 Å². The van der Waals surface area contributed by atoms with Crippen LogP contribution in [0.1, 0.15) is 64.4 Å². The van der Waals surface area contributed by atoms with E-state index >= 15 is 0 Å². The molecule has 1 heterocycles. The van der Waals surface area contributed by atoms with Gasteiger partial charge in [0, 0.05) is 6.54 Å². The number of likely N-dealkylation sites (tertiary alicyclic amines) is 1. The largest absolute Gasteiger partial charge is 0.489 e. The fourth-order valence-electron chi connectivity index (χ4n) is 3.86. The lowest BCUT2D eigenvalue weighted by atomic mass is 9.91. The second-order valence-electron chi connectivity index (χ2n) is 9.11. The Morgan fingerprint density at radius 1 is 1.21 bits per heavy atom. The zero-order valence-electron chi connectivity index (χ0n) is 18.0. The molecule has 1 aliphatic heterocycles. The number of nitrogens with zero attached hydrogens (tertiary/aromatic N) is 1. The first-order valence-corrected chi connectivity index (χ1v) is 10.6. The van der Waals surface area contributed by atoms with Crippen LogP contribution >= 0.6 is 0 Å². The van der Waals surface area contributed by atoms with Crippen molar-refractivity contribution in [3.05, 3.63) is 29.8 Å². The molecule has 1 saturated heterocycles. The summed E-state index contributed by atoms with van der Waals surface area (Å²) in [6, 6.07) is 8.02. The van der Waals surface area contributed by atoms with Gasteiger partial charge < -0.3 is 19.1 Å². The maximum absolute atomic E-state index is 12.4. The van der Waals surface area contributed by atoms with Crippen LogP contribution < -0.4 is 4.74 Å². The molecule has 3 rings (SSSR count). The van der Waals surface area contributed by atoms with E-state index in [0.717, 1.165) is 37.0 Å². The van der Waals surface area contributed by atoms with Crippen LogP contribution in [0.2, 0.25) is 0 Å². The SMILES string of the molecule is COC(=O)C[C@H](c1cccc(O[C@H]2CCCN(C(=O)OC(C)(C)C)C2)c1)C1CC1. The second kappa shape index (κ2) is 9.06. The Labute approximate surface area is 173 Å². The summed E-state index contributed by atoms with van der Waals surface area (Å²) in [5, 5.41) is 0. The van der Waals surface area contributed by atoms with E-state index in [-0.39, 0.29) is 24.1 Å². The average molecular weight is 404 g/mol. The van der Waals surface area contributed by atoms with E-state index in [0.29, 0.717) is 25.4 Å². The van der Waals surface area contributed by atoms with Gasteiger partial charge in [-0.05, 0) is 76.0 Å². The highest BCUT2D eigenvalue weighted by Crippen LogP contribution is 2.45. The highest BCUT2D eigenvalue weighted by molar-refractivity contribution is 5.70. The van der Waals surface area contributed by atoms with E-state index in [9.17, 15) is 9.59 Å². The van der Waals surface area contributed by atoms with Crippen molar-refractivity contribution < 1.29 is 23.8 Å². The van der Waals surface area contributed by atoms with Crippen LogP contribution in [0.5, 0.6) is 5.75 Å². The van der Waals surface area contributed by atoms with Gasteiger partial charge in [0.2, 0.25) is 0 Å². The summed E-state index contributed by atoms with van der Waals surface area (Å²) >= 11 is 0. The number of hydrogen-bond donors (Lipinski definition) is 0. The number of amides is 1. The van der Waals surface area contributed by atoms with Crippen LogP contribution in [0.4, 0.5) is 4.79 Å². The number of piperidine rings is 1. The molecule has 1 aromatic rings. The summed E-state index contributed by atoms with van der Waals surface area (Å²) in [5.41, 5.74) is 0.617. The molecule has 0 spiro atoms. The van der Waals surface area contributed by atoms with Gasteiger partial charge in [0.15, 0.2) is 0 Å². The molecule has 29 heavy (non-hydrogen) atoms. The first kappa shape index (κ1) is 21.5. The normalized spacial score (nSPS) is 20.7. The predicted molar refractivity (Wildman–Crippen MR) is 110 cm³/mol. The maximum atomic E-state index is 12.4. The van der Waals surface area contributed by atoms with Gasteiger partial charge in [-0.2, -0.15) is 0 Å². The van der Waals surface area contributed by atoms with Crippen LogP contribution in [0, 0.1) is 5.92 Å². The molecule has 6 nitrogen and oxygen atoms in total. The summed E-state index contributed by atoms with van der Waals surface area (Å²) in [4.78, 5) is 25.9. The number of esters is 1. The van der Waals surface area contributed by atoms with Crippen molar-refractivity contribution in [1.82, 2.24) is 4.90 Å². The summed E-state index contributed by atoms with van der Waals surface area (Å²) in [6.45, 7) is 6.84. The van der Waals surface area contributed by atoms with Crippen molar-refractivity contribution in [2.45, 2.75) is 70.5 Å². The highest BCUT2D eigenvalue weighted by atomic mass is 16.6. The maximum Gasteiger partial charge on any atom is 0.410 e. The number of rotatable bonds is 6. The number of benzene rings is 1. The molecule has 0 bridgehead atoms. The molecule has 2 atom stereocenters. The molecule has 0 N–H and O–H groups in total. The van der Waals surface area contributed by atoms with Gasteiger partial charge in [-0.25, -0.2) is 4.79 Å². The topological polar surface area (TPSA) is 65.1 Å². The van der Waals surface area contributed by atoms with Crippen LogP contribution in [0.25, 0.3) is 0 Å². The van der Waals surface area contributed by atoms with E-state index in [1.807, 2.05) is 39.0 Å². The number of hydrogen-bond acceptors (Lipinski definition) is 5. The third-order valence-corrected chi connectivity index (χ3v) is 5.42. The predicted octanol–water partition coefficient (Wildman–Crippen LogP) is 4.52. The van der Waals surface area contributed by atoms with Crippen LogP contribution in [-0.2, 0) is 14.3 Å². The molecular weight excluding hydrogens is 370 g/mol. The third kappa shape index (κ3) is 6.38. The lowest BCUT2D eigenvalue weighted by molar-refractivity contribution is -0.141. The number of methoxy groups -OCH3 is 1. The molecule has 1 aromatic carbocycles. The van der Waals surface area contributed by atoms with Gasteiger partial charge in [0.25, 0.3) is 0 Å². The van der Waals surface area contributed by atoms with E-state index in [1.165, 1.54) is 7.11 Å². The van der Waals surface area contributed by atoms with Gasteiger partial charge in [-0.1, -0.05) is 12.1 Å². The van der Waals surface area contributed by atoms with Crippen LogP contribution in [0.3, 0.4) is 0 Å². The minimum atomic E-state index is -0.503. The van der Waals surface area contributed by atoms with Crippen molar-refractivity contribution >= 4 is 12.1 Å². The minimum absolute atomic E-state index is 0.0634. The molecule has 6 heteroatoms. The molecule has 160 valence electrons. The fourth-order valence-corrected chi connectivity index (χ4v) is 3.86. The van der Waals surface area contributed by atoms with Crippen molar-refractivity contribution in [3.63, 3.8) is 0 Å². The van der Waals surface area contributed by atoms with Gasteiger partial charge in [0.05, 0.1) is 20.1 Å². The average Bonchev–Trinajstić information content (AvgIpc) is 3.50. The van der Waals surface area contributed by atoms with Gasteiger partial charge in [0.1, 0.15) is 17.5 Å². The van der Waals surface area contributed by atoms with Crippen molar-refractivity contribution in [2.75, 3.05) is 20.2 Å². The smallest absolute Gasteiger partial charge is 0.410 e. The van der Waals surface area contributed by atoms with Crippen LogP contribution in [-0.4, -0.2) is 48.9 Å². The van der Waals surface area contributed by atoms with Crippen molar-refractivity contribution in [1.29, 1.82) is 0 Å². The number of ether oxygens (including phenoxy) is 3. The van der Waals surface area contributed by atoms with E-state index in [4.69, 9.17) is 14.2 Å². The van der Waals surface area contributed by atoms with Gasteiger partial charge in [-0.3, -0.25) is 4.79 Å². The Bertz CT molecular complexity index is 722. The zero-order chi connectivity index (χ0) is 21.0. The third-order valence-electron chi connectivity index (χ3n) is 5.42. The molecule has 1 amide bonds. The number of carbonyl (C=O) groups is 2. The van der Waals surface area contributed by atoms with Crippen molar-refractivity contribution in [3.8, 4) is 5.75 Å². The van der Waals surface area contributed by atoms with E-state index in [1.54, 1.807) is 4.90 Å². The summed E-state index contributed by atoms with van der Waals surface area (Å²) in [7, 11) is 1.44. The highest BCUT2D eigenvalue weighted by Gasteiger charge is 2.34. The zero-order valence-corrected chi connectivity index (χ0v) is 18.0. The molecular formula is C23H33NO5. The Morgan fingerprint density at radius 2 is 1.97 bits per heavy atom. The van der Waals surface area contributed by atoms with Gasteiger partial charge in [-0.15, -0.1) is 0 Å². The monoisotopic (exact) mass is 403 g/mol. The minimum Gasteiger partial charge on any atom is -0.489 e. The molecule has 1 saturated carbocycles. The first-order valence-electron chi connectivity index (χ1n) is 10.6. The Hall–Kier alpha value is -2.24. The summed E-state index contributed by atoms with van der Waals surface area (Å²) in [5.74, 6) is 1.33. The summed E-state index contributed by atoms with van der Waals surface area (Å²) < 4.78 is 16.6. The molecule has 2 fully saturated rings. The summed E-state index contributed by atoms with van der Waals surface area (Å²) in [6.07, 6.45) is 4.15. The molecule has 0 unspecified atom stereocenters. The first-order chi connectivity index (χ1) is 13.7. The fraction of sp³-hybridized carbons (Fsp3) is 0.652. The Balaban J connectivity index is 1.63. The molecule has 1 aliphatic carbocycles. The van der Waals surface area contributed by atoms with Crippen molar-refractivity contribution in [2.24, 2.45) is 5.92 Å². The number of carbonyl (C=O) groups excluding carboxylic acids is 2. The van der Waals surface area contributed by atoms with Crippen LogP contribution in [0.15, 0.2) is 24.3 Å². The standard InChI is InChI=1S/C23H33NO5/c1-23(2,3)29-22(26)24-12-6-9-19(15-24)28-18-8-5-7-17(13-18)20(16-10-11-16)14-21(25)27-4/h5,7-8,13,16,19-20H,6,9-12,14-15H2,1-4H3/t19-,20-/m0/s1. The Kier molecular flexibility index (Phi) is 6.70. The van der Waals surface area contributed by atoms with E-state index < -0.39 is 5.60 Å². The molecule has 0 radical (unpaired) electrons. The van der Waals surface area contributed by atoms with E-state index in [2.05, 4.69) is 6.07 Å². The molecule has 0 aromatic heterocycles. The molecule has 2 aliphatic rings. The quantitative estimate of drug-likeness (QED) is 0.653. The lowest BCUT2D eigenvalue weighted by Gasteiger charge is -2.34. The second-order valence-corrected chi connectivity index (χ2v) is 9.11. The lowest BCUT2D eigenvalue weighted by Crippen LogP contribution is -2.46. The Morgan fingerprint density at radius 3 is 2.62 bits per heavy atom.